The molecular formula is C19H27N3O3. The lowest BCUT2D eigenvalue weighted by Gasteiger charge is -2.16. The molecule has 0 aliphatic rings. The van der Waals surface area contributed by atoms with Gasteiger partial charge in [0.1, 0.15) is 11.5 Å². The molecule has 0 unspecified atom stereocenters. The summed E-state index contributed by atoms with van der Waals surface area (Å²) in [6, 6.07) is 9.52. The van der Waals surface area contributed by atoms with Crippen LogP contribution in [-0.2, 0) is 11.3 Å². The molecule has 2 aromatic rings. The number of benzene rings is 1. The number of nitrogens with one attached hydrogen (secondary N) is 3. The van der Waals surface area contributed by atoms with E-state index in [2.05, 4.69) is 16.0 Å². The zero-order valence-electron chi connectivity index (χ0n) is 15.3. The summed E-state index contributed by atoms with van der Waals surface area (Å²) in [6.07, 6.45) is 0. The number of hydrogen-bond acceptors (Lipinski definition) is 4. The third-order valence-corrected chi connectivity index (χ3v) is 3.97. The van der Waals surface area contributed by atoms with Crippen molar-refractivity contribution in [1.29, 1.82) is 0 Å². The van der Waals surface area contributed by atoms with Crippen LogP contribution in [0.4, 0.5) is 10.5 Å². The van der Waals surface area contributed by atoms with Crippen LogP contribution >= 0.6 is 0 Å². The van der Waals surface area contributed by atoms with E-state index in [9.17, 15) is 4.79 Å². The summed E-state index contributed by atoms with van der Waals surface area (Å²) in [5, 5.41) is 9.15. The Morgan fingerprint density at radius 3 is 2.72 bits per heavy atom. The molecule has 3 N–H and O–H groups in total. The van der Waals surface area contributed by atoms with Gasteiger partial charge in [-0.15, -0.1) is 0 Å². The highest BCUT2D eigenvalue weighted by Gasteiger charge is 2.15. The van der Waals surface area contributed by atoms with E-state index in [4.69, 9.17) is 9.15 Å². The molecule has 0 saturated heterocycles. The van der Waals surface area contributed by atoms with Gasteiger partial charge in [-0.25, -0.2) is 4.79 Å². The zero-order chi connectivity index (χ0) is 18.2. The van der Waals surface area contributed by atoms with E-state index >= 15 is 0 Å². The van der Waals surface area contributed by atoms with Crippen molar-refractivity contribution >= 4 is 11.7 Å². The monoisotopic (exact) mass is 345 g/mol. The number of urea groups is 1. The second-order valence-corrected chi connectivity index (χ2v) is 5.99. The molecule has 0 saturated carbocycles. The first-order chi connectivity index (χ1) is 12.0. The number of rotatable bonds is 8. The number of methoxy groups -OCH3 is 1. The van der Waals surface area contributed by atoms with Gasteiger partial charge < -0.3 is 25.1 Å². The number of aryl methyl sites for hydroxylation is 2. The first-order valence-corrected chi connectivity index (χ1v) is 8.43. The van der Waals surface area contributed by atoms with Crippen molar-refractivity contribution < 1.29 is 13.9 Å². The summed E-state index contributed by atoms with van der Waals surface area (Å²) >= 11 is 0. The van der Waals surface area contributed by atoms with Crippen LogP contribution in [0.2, 0.25) is 0 Å². The Hall–Kier alpha value is -2.47. The van der Waals surface area contributed by atoms with E-state index in [1.54, 1.807) is 7.11 Å². The van der Waals surface area contributed by atoms with Crippen molar-refractivity contribution in [3.63, 3.8) is 0 Å². The first-order valence-electron chi connectivity index (χ1n) is 8.43. The van der Waals surface area contributed by atoms with E-state index in [-0.39, 0.29) is 12.1 Å². The standard InChI is InChI=1S/C19H27N3O3/c1-13-11-17(15(3)25-13)14(2)22-19(23)21-12-16-7-5-6-8-18(16)20-9-10-24-4/h5-8,11,14,20H,9-10,12H2,1-4H3,(H2,21,22,23)/t14-/m1/s1. The molecule has 6 nitrogen and oxygen atoms in total. The number of carbonyl (C=O) groups excluding carboxylic acids is 1. The maximum Gasteiger partial charge on any atom is 0.315 e. The van der Waals surface area contributed by atoms with E-state index in [1.165, 1.54) is 0 Å². The van der Waals surface area contributed by atoms with Gasteiger partial charge in [0.2, 0.25) is 0 Å². The first kappa shape index (κ1) is 18.9. The molecule has 136 valence electrons. The molecule has 1 atom stereocenters. The number of carbonyl (C=O) groups is 1. The third kappa shape index (κ3) is 5.53. The average Bonchev–Trinajstić information content (AvgIpc) is 2.92. The fourth-order valence-corrected chi connectivity index (χ4v) is 2.72. The Kier molecular flexibility index (Phi) is 6.89. The van der Waals surface area contributed by atoms with Crippen LogP contribution in [0, 0.1) is 13.8 Å². The van der Waals surface area contributed by atoms with E-state index in [0.717, 1.165) is 34.9 Å². The van der Waals surface area contributed by atoms with Crippen LogP contribution in [0.25, 0.3) is 0 Å². The fourth-order valence-electron chi connectivity index (χ4n) is 2.72. The van der Waals surface area contributed by atoms with Crippen LogP contribution in [0.3, 0.4) is 0 Å². The van der Waals surface area contributed by atoms with Gasteiger partial charge in [-0.2, -0.15) is 0 Å². The molecular weight excluding hydrogens is 318 g/mol. The molecule has 6 heteroatoms. The molecule has 0 aliphatic heterocycles. The topological polar surface area (TPSA) is 75.5 Å². The second kappa shape index (κ2) is 9.13. The Bertz CT molecular complexity index is 697. The normalized spacial score (nSPS) is 11.8. The molecule has 2 amide bonds. The van der Waals surface area contributed by atoms with Gasteiger partial charge in [0.25, 0.3) is 0 Å². The molecule has 0 bridgehead atoms. The van der Waals surface area contributed by atoms with E-state index < -0.39 is 0 Å². The predicted molar refractivity (Wildman–Crippen MR) is 98.8 cm³/mol. The Morgan fingerprint density at radius 2 is 2.04 bits per heavy atom. The highest BCUT2D eigenvalue weighted by atomic mass is 16.5. The molecule has 0 fully saturated rings. The molecule has 1 aromatic carbocycles. The van der Waals surface area contributed by atoms with E-state index in [0.29, 0.717) is 13.2 Å². The van der Waals surface area contributed by atoms with Gasteiger partial charge in [0, 0.05) is 31.5 Å². The van der Waals surface area contributed by atoms with E-state index in [1.807, 2.05) is 51.1 Å². The predicted octanol–water partition coefficient (Wildman–Crippen LogP) is 3.52. The van der Waals surface area contributed by atoms with Crippen LogP contribution in [0.5, 0.6) is 0 Å². The van der Waals surface area contributed by atoms with Crippen molar-refractivity contribution in [2.45, 2.75) is 33.4 Å². The third-order valence-electron chi connectivity index (χ3n) is 3.97. The largest absolute Gasteiger partial charge is 0.466 e. The fraction of sp³-hybridized carbons (Fsp3) is 0.421. The maximum absolute atomic E-state index is 12.2. The number of hydrogen-bond donors (Lipinski definition) is 3. The minimum absolute atomic E-state index is 0.118. The van der Waals surface area contributed by atoms with Crippen LogP contribution in [-0.4, -0.2) is 26.3 Å². The Labute approximate surface area is 148 Å². The SMILES string of the molecule is COCCNc1ccccc1CNC(=O)N[C@H](C)c1cc(C)oc1C. The minimum atomic E-state index is -0.211. The van der Waals surface area contributed by atoms with Crippen LogP contribution in [0.1, 0.15) is 35.6 Å². The highest BCUT2D eigenvalue weighted by molar-refractivity contribution is 5.74. The molecule has 2 rings (SSSR count). The lowest BCUT2D eigenvalue weighted by molar-refractivity contribution is 0.210. The molecule has 0 spiro atoms. The summed E-state index contributed by atoms with van der Waals surface area (Å²) in [5.74, 6) is 1.68. The summed E-state index contributed by atoms with van der Waals surface area (Å²) in [7, 11) is 1.67. The lowest BCUT2D eigenvalue weighted by Crippen LogP contribution is -2.36. The van der Waals surface area contributed by atoms with Crippen molar-refractivity contribution in [3.8, 4) is 0 Å². The minimum Gasteiger partial charge on any atom is -0.466 e. The second-order valence-electron chi connectivity index (χ2n) is 5.99. The van der Waals surface area contributed by atoms with Crippen molar-refractivity contribution in [3.05, 3.63) is 53.0 Å². The molecule has 0 aliphatic carbocycles. The summed E-state index contributed by atoms with van der Waals surface area (Å²) < 4.78 is 10.6. The number of amides is 2. The average molecular weight is 345 g/mol. The summed E-state index contributed by atoms with van der Waals surface area (Å²) in [5.41, 5.74) is 3.01. The van der Waals surface area contributed by atoms with Gasteiger partial charge in [0.05, 0.1) is 12.6 Å². The van der Waals surface area contributed by atoms with Gasteiger partial charge in [0.15, 0.2) is 0 Å². The number of anilines is 1. The Balaban J connectivity index is 1.88. The van der Waals surface area contributed by atoms with Gasteiger partial charge in [-0.05, 0) is 38.5 Å². The van der Waals surface area contributed by atoms with Crippen LogP contribution in [0.15, 0.2) is 34.7 Å². The molecule has 0 radical (unpaired) electrons. The van der Waals surface area contributed by atoms with Gasteiger partial charge >= 0.3 is 6.03 Å². The zero-order valence-corrected chi connectivity index (χ0v) is 15.3. The smallest absolute Gasteiger partial charge is 0.315 e. The molecule has 25 heavy (non-hydrogen) atoms. The van der Waals surface area contributed by atoms with Gasteiger partial charge in [-0.1, -0.05) is 18.2 Å². The van der Waals surface area contributed by atoms with Crippen molar-refractivity contribution in [1.82, 2.24) is 10.6 Å². The van der Waals surface area contributed by atoms with Gasteiger partial charge in [-0.3, -0.25) is 0 Å². The summed E-state index contributed by atoms with van der Waals surface area (Å²) in [6.45, 7) is 7.53. The highest BCUT2D eigenvalue weighted by Crippen LogP contribution is 2.21. The van der Waals surface area contributed by atoms with Crippen LogP contribution < -0.4 is 16.0 Å². The Morgan fingerprint density at radius 1 is 1.28 bits per heavy atom. The number of ether oxygens (including phenoxy) is 1. The number of para-hydroxylation sites is 1. The van der Waals surface area contributed by atoms with Crippen molar-refractivity contribution in [2.24, 2.45) is 0 Å². The molecule has 1 aromatic heterocycles. The number of furan rings is 1. The molecule has 1 heterocycles. The summed E-state index contributed by atoms with van der Waals surface area (Å²) in [4.78, 5) is 12.2. The maximum atomic E-state index is 12.2. The lowest BCUT2D eigenvalue weighted by atomic mass is 10.1. The quantitative estimate of drug-likeness (QED) is 0.640. The van der Waals surface area contributed by atoms with Crippen molar-refractivity contribution in [2.75, 3.05) is 25.6 Å².